The lowest BCUT2D eigenvalue weighted by atomic mass is 10.1. The molecule has 0 saturated carbocycles. The van der Waals surface area contributed by atoms with Crippen molar-refractivity contribution in [2.24, 2.45) is 0 Å². The van der Waals surface area contributed by atoms with E-state index >= 15 is 0 Å². The third-order valence-electron chi connectivity index (χ3n) is 2.78. The van der Waals surface area contributed by atoms with E-state index in [2.05, 4.69) is 29.5 Å². The average Bonchev–Trinajstić information content (AvgIpc) is 2.98. The fraction of sp³-hybridized carbons (Fsp3) is 0.429. The van der Waals surface area contributed by atoms with E-state index in [1.165, 1.54) is 9.75 Å². The predicted octanol–water partition coefficient (Wildman–Crippen LogP) is 3.14. The molecule has 4 nitrogen and oxygen atoms in total. The second kappa shape index (κ2) is 6.02. The van der Waals surface area contributed by atoms with Gasteiger partial charge in [0.2, 0.25) is 0 Å². The van der Waals surface area contributed by atoms with Crippen LogP contribution in [0.15, 0.2) is 22.7 Å². The van der Waals surface area contributed by atoms with Gasteiger partial charge < -0.3 is 9.84 Å². The standard InChI is InChI=1S/C14H18N2O2S/c1-9(2)13-8-12(16-18-13)14(17)15-7-6-11-5-4-10(3)19-11/h4-5,8-9H,6-7H2,1-3H3,(H,15,17). The number of amides is 1. The van der Waals surface area contributed by atoms with Gasteiger partial charge in [0.05, 0.1) is 0 Å². The molecule has 0 unspecified atom stereocenters. The van der Waals surface area contributed by atoms with Crippen LogP contribution in [0.4, 0.5) is 0 Å². The number of hydrogen-bond donors (Lipinski definition) is 1. The van der Waals surface area contributed by atoms with Crippen molar-refractivity contribution in [1.29, 1.82) is 0 Å². The van der Waals surface area contributed by atoms with Gasteiger partial charge in [0.1, 0.15) is 5.76 Å². The van der Waals surface area contributed by atoms with E-state index in [0.29, 0.717) is 12.2 Å². The van der Waals surface area contributed by atoms with Gasteiger partial charge in [0.25, 0.3) is 5.91 Å². The van der Waals surface area contributed by atoms with Crippen molar-refractivity contribution >= 4 is 17.2 Å². The molecule has 0 saturated heterocycles. The summed E-state index contributed by atoms with van der Waals surface area (Å²) in [5.41, 5.74) is 0.353. The molecule has 0 aromatic carbocycles. The minimum absolute atomic E-state index is 0.177. The van der Waals surface area contributed by atoms with Gasteiger partial charge in [0.15, 0.2) is 5.69 Å². The lowest BCUT2D eigenvalue weighted by Gasteiger charge is -2.00. The first-order valence-corrected chi connectivity index (χ1v) is 7.18. The van der Waals surface area contributed by atoms with Crippen LogP contribution in [0.3, 0.4) is 0 Å². The van der Waals surface area contributed by atoms with Gasteiger partial charge in [-0.25, -0.2) is 0 Å². The van der Waals surface area contributed by atoms with Crippen LogP contribution < -0.4 is 5.32 Å². The van der Waals surface area contributed by atoms with Gasteiger partial charge in [-0.2, -0.15) is 0 Å². The van der Waals surface area contributed by atoms with Crippen LogP contribution in [0.2, 0.25) is 0 Å². The molecule has 0 spiro atoms. The third kappa shape index (κ3) is 3.67. The molecule has 0 aliphatic rings. The summed E-state index contributed by atoms with van der Waals surface area (Å²) in [4.78, 5) is 14.4. The fourth-order valence-corrected chi connectivity index (χ4v) is 2.57. The quantitative estimate of drug-likeness (QED) is 0.914. The summed E-state index contributed by atoms with van der Waals surface area (Å²) in [6.07, 6.45) is 0.846. The molecule has 102 valence electrons. The number of aryl methyl sites for hydroxylation is 1. The normalized spacial score (nSPS) is 10.9. The molecule has 5 heteroatoms. The number of carbonyl (C=O) groups is 1. The number of carbonyl (C=O) groups excluding carboxylic acids is 1. The number of thiophene rings is 1. The number of aromatic nitrogens is 1. The largest absolute Gasteiger partial charge is 0.360 e. The number of hydrogen-bond acceptors (Lipinski definition) is 4. The summed E-state index contributed by atoms with van der Waals surface area (Å²) in [6.45, 7) is 6.70. The molecule has 0 bridgehead atoms. The molecule has 0 aliphatic heterocycles. The topological polar surface area (TPSA) is 55.1 Å². The first-order chi connectivity index (χ1) is 9.06. The van der Waals surface area contributed by atoms with Gasteiger partial charge in [-0.1, -0.05) is 19.0 Å². The van der Waals surface area contributed by atoms with Gasteiger partial charge >= 0.3 is 0 Å². The van der Waals surface area contributed by atoms with Crippen LogP contribution in [0.25, 0.3) is 0 Å². The zero-order valence-corrected chi connectivity index (χ0v) is 12.2. The predicted molar refractivity (Wildman–Crippen MR) is 75.7 cm³/mol. The van der Waals surface area contributed by atoms with E-state index in [0.717, 1.165) is 12.2 Å². The fourth-order valence-electron chi connectivity index (χ4n) is 1.68. The molecule has 0 fully saturated rings. The Morgan fingerprint density at radius 3 is 2.84 bits per heavy atom. The first-order valence-electron chi connectivity index (χ1n) is 6.36. The van der Waals surface area contributed by atoms with E-state index in [4.69, 9.17) is 4.52 Å². The molecule has 19 heavy (non-hydrogen) atoms. The molecule has 0 radical (unpaired) electrons. The molecular weight excluding hydrogens is 260 g/mol. The van der Waals surface area contributed by atoms with Gasteiger partial charge in [-0.3, -0.25) is 4.79 Å². The highest BCUT2D eigenvalue weighted by atomic mass is 32.1. The van der Waals surface area contributed by atoms with Crippen LogP contribution in [-0.4, -0.2) is 17.6 Å². The van der Waals surface area contributed by atoms with Crippen molar-refractivity contribution in [3.05, 3.63) is 39.4 Å². The van der Waals surface area contributed by atoms with Crippen LogP contribution in [-0.2, 0) is 6.42 Å². The van der Waals surface area contributed by atoms with Gasteiger partial charge in [-0.15, -0.1) is 11.3 Å². The molecule has 1 N–H and O–H groups in total. The number of nitrogens with zero attached hydrogens (tertiary/aromatic N) is 1. The van der Waals surface area contributed by atoms with Crippen LogP contribution in [0.1, 0.15) is 45.8 Å². The first kappa shape index (κ1) is 13.8. The van der Waals surface area contributed by atoms with Crippen molar-refractivity contribution in [3.8, 4) is 0 Å². The second-order valence-corrected chi connectivity index (χ2v) is 6.16. The third-order valence-corrected chi connectivity index (χ3v) is 3.84. The number of nitrogens with one attached hydrogen (secondary N) is 1. The smallest absolute Gasteiger partial charge is 0.273 e. The minimum Gasteiger partial charge on any atom is -0.360 e. The summed E-state index contributed by atoms with van der Waals surface area (Å²) in [5, 5.41) is 6.64. The maximum Gasteiger partial charge on any atom is 0.273 e. The Balaban J connectivity index is 1.83. The number of rotatable bonds is 5. The summed E-state index contributed by atoms with van der Waals surface area (Å²) >= 11 is 1.76. The molecular formula is C14H18N2O2S. The average molecular weight is 278 g/mol. The van der Waals surface area contributed by atoms with Gasteiger partial charge in [-0.05, 0) is 25.5 Å². The summed E-state index contributed by atoms with van der Waals surface area (Å²) in [5.74, 6) is 0.797. The zero-order chi connectivity index (χ0) is 13.8. The van der Waals surface area contributed by atoms with E-state index in [-0.39, 0.29) is 11.8 Å². The minimum atomic E-state index is -0.177. The van der Waals surface area contributed by atoms with E-state index < -0.39 is 0 Å². The SMILES string of the molecule is Cc1ccc(CCNC(=O)c2cc(C(C)C)on2)s1. The van der Waals surface area contributed by atoms with E-state index in [1.54, 1.807) is 17.4 Å². The molecule has 2 rings (SSSR count). The summed E-state index contributed by atoms with van der Waals surface area (Å²) in [7, 11) is 0. The van der Waals surface area contributed by atoms with Crippen LogP contribution >= 0.6 is 11.3 Å². The second-order valence-electron chi connectivity index (χ2n) is 4.79. The Labute approximate surface area is 116 Å². The van der Waals surface area contributed by atoms with E-state index in [1.807, 2.05) is 13.8 Å². The Morgan fingerprint density at radius 2 is 2.26 bits per heavy atom. The maximum absolute atomic E-state index is 11.8. The summed E-state index contributed by atoms with van der Waals surface area (Å²) in [6, 6.07) is 5.89. The molecule has 2 heterocycles. The molecule has 1 amide bonds. The highest BCUT2D eigenvalue weighted by Crippen LogP contribution is 2.16. The Hall–Kier alpha value is -1.62. The lowest BCUT2D eigenvalue weighted by molar-refractivity contribution is 0.0945. The Morgan fingerprint density at radius 1 is 1.47 bits per heavy atom. The lowest BCUT2D eigenvalue weighted by Crippen LogP contribution is -2.25. The molecule has 2 aromatic heterocycles. The van der Waals surface area contributed by atoms with Gasteiger partial charge in [0, 0.05) is 28.3 Å². The zero-order valence-electron chi connectivity index (χ0n) is 11.4. The molecule has 0 atom stereocenters. The van der Waals surface area contributed by atoms with Crippen molar-refractivity contribution in [2.75, 3.05) is 6.54 Å². The maximum atomic E-state index is 11.8. The summed E-state index contributed by atoms with van der Waals surface area (Å²) < 4.78 is 5.11. The monoisotopic (exact) mass is 278 g/mol. The molecule has 2 aromatic rings. The highest BCUT2D eigenvalue weighted by Gasteiger charge is 2.13. The van der Waals surface area contributed by atoms with Crippen LogP contribution in [0, 0.1) is 6.92 Å². The molecule has 0 aliphatic carbocycles. The Bertz CT molecular complexity index is 557. The Kier molecular flexibility index (Phi) is 4.37. The highest BCUT2D eigenvalue weighted by molar-refractivity contribution is 7.11. The van der Waals surface area contributed by atoms with Crippen molar-refractivity contribution in [1.82, 2.24) is 10.5 Å². The van der Waals surface area contributed by atoms with Crippen molar-refractivity contribution < 1.29 is 9.32 Å². The van der Waals surface area contributed by atoms with E-state index in [9.17, 15) is 4.79 Å². The van der Waals surface area contributed by atoms with Crippen LogP contribution in [0.5, 0.6) is 0 Å². The van der Waals surface area contributed by atoms with Crippen molar-refractivity contribution in [3.63, 3.8) is 0 Å². The van der Waals surface area contributed by atoms with Crippen molar-refractivity contribution in [2.45, 2.75) is 33.1 Å².